The Morgan fingerprint density at radius 1 is 0.677 bits per heavy atom. The van der Waals surface area contributed by atoms with Gasteiger partial charge in [0.1, 0.15) is 53.6 Å². The smallest absolute Gasteiger partial charge is 0.305 e. The number of aromatic hydroxyl groups is 1. The molecule has 9 amide bonds. The van der Waals surface area contributed by atoms with Crippen molar-refractivity contribution in [1.29, 1.82) is 0 Å². The Morgan fingerprint density at radius 2 is 1.34 bits per heavy atom. The van der Waals surface area contributed by atoms with E-state index < -0.39 is 144 Å². The van der Waals surface area contributed by atoms with E-state index in [2.05, 4.69) is 68.1 Å². The zero-order chi connectivity index (χ0) is 70.6. The number of aromatic amines is 2. The van der Waals surface area contributed by atoms with Crippen LogP contribution in [0.3, 0.4) is 0 Å². The first-order valence-electron chi connectivity index (χ1n) is 32.7. The number of benzene rings is 4. The number of carboxylic acid groups (broad SMARTS) is 1. The standard InChI is InChI=1S/C68H83F2N15O12S2/c69-43-10-14-49-47(25-43)41(29-74-49)23-53-63(93)82-54(24-42-30-75-50-15-11-44(70)26-48(42)50)64(94)84-56(28-60(89)90)66(96)83-55(27-45-31-73-37-78-45)65(95)81-52(22-38-8-12-46(86)13-9-38)67(97)85-68(17-4-18-68)36-77-57(61(72)91)35-99-34-40-6-3-5-39(21-40)33-98-20-16-58(87)79-51(7-1-2-19-71)62(92)76-32-59(88)80-53/h3,5-6,8-15,21,25-26,30-31,37,41,51-57,74-75,77,86H,1-2,4,7,16-20,22-24,27-29,32-36,71H2,(H2,72,91)(H,73,78)(H,76,92)(H,79,87)(H,80,88)(H,81,95)(H,82,93)(H,83,96)(H,84,94)(H,85,97)(H,89,90)/t41?,51-,52-,53-,54-,55-,56-,57-/m0/s1. The third-order valence-electron chi connectivity index (χ3n) is 17.6. The quantitative estimate of drug-likeness (QED) is 0.0655. The number of carboxylic acids is 1. The van der Waals surface area contributed by atoms with E-state index in [1.54, 1.807) is 12.1 Å². The number of H-pyrrole nitrogens is 2. The van der Waals surface area contributed by atoms with E-state index in [0.29, 0.717) is 78.2 Å². The largest absolute Gasteiger partial charge is 0.508 e. The van der Waals surface area contributed by atoms with Crippen LogP contribution in [-0.4, -0.2) is 170 Å². The minimum atomic E-state index is -2.00. The number of halogens is 2. The number of nitrogens with zero attached hydrogens (tertiary/aromatic N) is 1. The molecule has 1 aliphatic carbocycles. The van der Waals surface area contributed by atoms with Crippen LogP contribution < -0.4 is 64.6 Å². The van der Waals surface area contributed by atoms with Crippen molar-refractivity contribution >= 4 is 99.2 Å². The van der Waals surface area contributed by atoms with Gasteiger partial charge in [-0.15, -0.1) is 0 Å². The minimum Gasteiger partial charge on any atom is -0.508 e. The number of rotatable bonds is 15. The summed E-state index contributed by atoms with van der Waals surface area (Å²) in [6.07, 6.45) is 4.82. The average Bonchev–Trinajstić information content (AvgIpc) is 1.81. The molecule has 1 unspecified atom stereocenters. The summed E-state index contributed by atoms with van der Waals surface area (Å²) in [5.74, 6) is -9.40. The van der Waals surface area contributed by atoms with Gasteiger partial charge in [0.2, 0.25) is 53.2 Å². The monoisotopic (exact) mass is 1400 g/mol. The summed E-state index contributed by atoms with van der Waals surface area (Å²) in [6, 6.07) is 11.4. The van der Waals surface area contributed by atoms with E-state index in [9.17, 15) is 57.4 Å². The Balaban J connectivity index is 1.03. The molecule has 31 heteroatoms. The van der Waals surface area contributed by atoms with E-state index >= 15 is 9.59 Å². The van der Waals surface area contributed by atoms with Gasteiger partial charge < -0.3 is 84.8 Å². The summed E-state index contributed by atoms with van der Waals surface area (Å²) in [6.45, 7) is -0.109. The average molecular weight is 1400 g/mol. The molecular weight excluding hydrogens is 1320 g/mol. The molecule has 2 aromatic heterocycles. The molecule has 0 radical (unpaired) electrons. The molecule has 4 aromatic carbocycles. The molecule has 4 heterocycles. The predicted molar refractivity (Wildman–Crippen MR) is 367 cm³/mol. The van der Waals surface area contributed by atoms with Crippen LogP contribution in [0.4, 0.5) is 14.5 Å². The van der Waals surface area contributed by atoms with Crippen LogP contribution in [-0.2, 0) is 78.7 Å². The number of aliphatic carboxylic acids is 1. The maximum absolute atomic E-state index is 15.1. The lowest BCUT2D eigenvalue weighted by Gasteiger charge is -2.44. The normalized spacial score (nSPS) is 23.1. The molecule has 18 N–H and O–H groups in total. The van der Waals surface area contributed by atoms with Crippen LogP contribution >= 0.6 is 23.5 Å². The van der Waals surface area contributed by atoms with Gasteiger partial charge in [0.15, 0.2) is 0 Å². The second-order valence-corrected chi connectivity index (χ2v) is 27.2. The Bertz CT molecular complexity index is 3860. The number of amides is 9. The zero-order valence-corrected chi connectivity index (χ0v) is 55.9. The number of carbonyl (C=O) groups is 10. The third kappa shape index (κ3) is 21.5. The topological polar surface area (TPSA) is 428 Å². The lowest BCUT2D eigenvalue weighted by Crippen LogP contribution is -2.65. The van der Waals surface area contributed by atoms with Gasteiger partial charge in [-0.2, -0.15) is 23.5 Å². The molecular formula is C68H83F2N15O12S2. The van der Waals surface area contributed by atoms with Crippen LogP contribution in [0.1, 0.15) is 97.2 Å². The Labute approximate surface area is 577 Å². The summed E-state index contributed by atoms with van der Waals surface area (Å²) >= 11 is 2.97. The first-order chi connectivity index (χ1) is 47.6. The van der Waals surface area contributed by atoms with Crippen LogP contribution in [0.15, 0.2) is 104 Å². The zero-order valence-electron chi connectivity index (χ0n) is 54.2. The van der Waals surface area contributed by atoms with Crippen molar-refractivity contribution in [2.45, 2.75) is 142 Å². The summed E-state index contributed by atoms with van der Waals surface area (Å²) in [5, 5.41) is 48.7. The van der Waals surface area contributed by atoms with Gasteiger partial charge in [0.05, 0.1) is 36.6 Å². The van der Waals surface area contributed by atoms with Crippen molar-refractivity contribution in [1.82, 2.24) is 62.8 Å². The van der Waals surface area contributed by atoms with Crippen LogP contribution in [0, 0.1) is 11.6 Å². The fourth-order valence-corrected chi connectivity index (χ4v) is 14.0. The molecule has 6 aromatic rings. The second-order valence-electron chi connectivity index (χ2n) is 25.1. The fourth-order valence-electron chi connectivity index (χ4n) is 12.1. The van der Waals surface area contributed by atoms with Gasteiger partial charge in [-0.25, -0.2) is 13.8 Å². The van der Waals surface area contributed by atoms with Gasteiger partial charge >= 0.3 is 5.97 Å². The fraction of sp³-hybridized carbons (Fsp3) is 0.426. The molecule has 528 valence electrons. The number of anilines is 1. The number of phenols is 1. The van der Waals surface area contributed by atoms with E-state index in [-0.39, 0.29) is 73.3 Å². The number of nitrogens with one attached hydrogen (secondary N) is 12. The summed E-state index contributed by atoms with van der Waals surface area (Å²) in [5.41, 5.74) is 15.2. The number of primary amides is 1. The molecule has 8 atom stereocenters. The molecule has 1 saturated carbocycles. The van der Waals surface area contributed by atoms with E-state index in [4.69, 9.17) is 11.5 Å². The number of hydrogen-bond acceptors (Lipinski definition) is 17. The second kappa shape index (κ2) is 35.3. The van der Waals surface area contributed by atoms with Crippen molar-refractivity contribution < 1.29 is 66.9 Å². The van der Waals surface area contributed by atoms with E-state index in [1.807, 2.05) is 24.3 Å². The molecule has 27 nitrogen and oxygen atoms in total. The molecule has 1 fully saturated rings. The SMILES string of the molecule is NCCCC[C@@H]1NC(=O)CCSCc2cccc(c2)CSC[C@@H](C(N)=O)NCC2(CCC2)NC(=O)[C@H](Cc2ccc(O)cc2)NC(=O)[C@H](Cc2c[nH]cn2)NC(=O)[C@H](CC(=O)O)NC(=O)[C@H](Cc2c[nH]c3ccc(F)cc23)NC(=O)[C@H](CC2CNc3ccc(F)cc32)NC(=O)CNC1=O. The van der Waals surface area contributed by atoms with Crippen molar-refractivity contribution in [3.05, 3.63) is 149 Å². The maximum Gasteiger partial charge on any atom is 0.305 e. The number of imidazole rings is 1. The first-order valence-corrected chi connectivity index (χ1v) is 35.0. The molecule has 3 aliphatic rings. The Kier molecular flexibility index (Phi) is 26.2. The molecule has 99 heavy (non-hydrogen) atoms. The van der Waals surface area contributed by atoms with Gasteiger partial charge in [0, 0.05) is 96.7 Å². The highest BCUT2D eigenvalue weighted by atomic mass is 32.2. The third-order valence-corrected chi connectivity index (χ3v) is 19.7. The van der Waals surface area contributed by atoms with Crippen molar-refractivity contribution in [3.8, 4) is 5.75 Å². The van der Waals surface area contributed by atoms with Crippen LogP contribution in [0.2, 0.25) is 0 Å². The molecule has 1 spiro atoms. The van der Waals surface area contributed by atoms with Gasteiger partial charge in [-0.05, 0) is 128 Å². The summed E-state index contributed by atoms with van der Waals surface area (Å²) in [4.78, 5) is 152. The molecule has 0 saturated heterocycles. The van der Waals surface area contributed by atoms with Gasteiger partial charge in [-0.3, -0.25) is 47.9 Å². The number of aromatic nitrogens is 3. The minimum absolute atomic E-state index is 0.0430. The number of nitrogens with two attached hydrogens (primary N) is 2. The molecule has 2 bridgehead atoms. The van der Waals surface area contributed by atoms with E-state index in [0.717, 1.165) is 11.1 Å². The predicted octanol–water partition coefficient (Wildman–Crippen LogP) is 2.18. The Morgan fingerprint density at radius 3 is 2.03 bits per heavy atom. The van der Waals surface area contributed by atoms with Crippen molar-refractivity contribution in [2.75, 3.05) is 43.0 Å². The van der Waals surface area contributed by atoms with Gasteiger partial charge in [-0.1, -0.05) is 36.4 Å². The summed E-state index contributed by atoms with van der Waals surface area (Å²) in [7, 11) is 0. The number of unbranched alkanes of at least 4 members (excludes halogenated alkanes) is 1. The number of hydrogen-bond donors (Lipinski definition) is 16. The number of thioether (sulfide) groups is 2. The molecule has 9 rings (SSSR count). The number of carbonyl (C=O) groups excluding carboxylic acids is 9. The lowest BCUT2D eigenvalue weighted by atomic mass is 9.76. The molecule has 2 aliphatic heterocycles. The van der Waals surface area contributed by atoms with Crippen LogP contribution in [0.5, 0.6) is 5.75 Å². The Hall–Kier alpha value is -9.59. The highest BCUT2D eigenvalue weighted by Gasteiger charge is 2.42. The summed E-state index contributed by atoms with van der Waals surface area (Å²) < 4.78 is 29.8. The van der Waals surface area contributed by atoms with E-state index in [1.165, 1.54) is 90.8 Å². The number of phenolic OH excluding ortho intramolecular Hbond substituents is 1. The lowest BCUT2D eigenvalue weighted by molar-refractivity contribution is -0.141. The van der Waals surface area contributed by atoms with Gasteiger partial charge in [0.25, 0.3) is 0 Å². The first kappa shape index (κ1) is 73.7. The van der Waals surface area contributed by atoms with Crippen LogP contribution in [0.25, 0.3) is 10.9 Å². The maximum atomic E-state index is 15.1. The highest BCUT2D eigenvalue weighted by molar-refractivity contribution is 7.98. The number of fused-ring (bicyclic) bond motifs is 4. The van der Waals surface area contributed by atoms with Crippen molar-refractivity contribution in [2.24, 2.45) is 11.5 Å². The van der Waals surface area contributed by atoms with Crippen molar-refractivity contribution in [3.63, 3.8) is 0 Å². The highest BCUT2D eigenvalue weighted by Crippen LogP contribution is 2.36.